The Morgan fingerprint density at radius 1 is 1.08 bits per heavy atom. The molecule has 5 rings (SSSR count). The van der Waals surface area contributed by atoms with Crippen LogP contribution in [-0.4, -0.2) is 61.2 Å². The number of guanidine groups is 1. The molecule has 0 saturated heterocycles. The van der Waals surface area contributed by atoms with Gasteiger partial charge >= 0.3 is 6.09 Å². The molecule has 1 aliphatic heterocycles. The number of rotatable bonds is 10. The number of hydrogen-bond acceptors (Lipinski definition) is 8. The molecule has 0 saturated carbocycles. The lowest BCUT2D eigenvalue weighted by atomic mass is 9.75. The Morgan fingerprint density at radius 3 is 2.46 bits per heavy atom. The zero-order valence-electron chi connectivity index (χ0n) is 27.6. The van der Waals surface area contributed by atoms with E-state index in [1.54, 1.807) is 24.4 Å². The van der Waals surface area contributed by atoms with Gasteiger partial charge in [-0.3, -0.25) is 14.7 Å². The molecular formula is C33H34BrClF4N8O3. The number of nitrogens with zero attached hydrogens (tertiary/aromatic N) is 6. The number of benzene rings is 2. The number of nitrogens with two attached hydrogens (primary N) is 1. The Morgan fingerprint density at radius 2 is 1.80 bits per heavy atom. The van der Waals surface area contributed by atoms with E-state index in [1.807, 2.05) is 26.8 Å². The maximum atomic E-state index is 14.9. The van der Waals surface area contributed by atoms with Crippen molar-refractivity contribution in [3.8, 4) is 5.69 Å². The summed E-state index contributed by atoms with van der Waals surface area (Å²) in [6, 6.07) is 10.2. The maximum absolute atomic E-state index is 14.9. The molecule has 0 bridgehead atoms. The molecule has 11 nitrogen and oxygen atoms in total. The molecule has 3 heterocycles. The molecule has 4 aromatic rings. The average molecular weight is 782 g/mol. The molecule has 2 amide bonds. The van der Waals surface area contributed by atoms with E-state index >= 15 is 0 Å². The molecule has 17 heteroatoms. The van der Waals surface area contributed by atoms with Crippen molar-refractivity contribution >= 4 is 56.4 Å². The predicted molar refractivity (Wildman–Crippen MR) is 182 cm³/mol. The third kappa shape index (κ3) is 7.41. The first-order valence-electron chi connectivity index (χ1n) is 15.3. The molecule has 0 fully saturated rings. The van der Waals surface area contributed by atoms with Crippen molar-refractivity contribution < 1.29 is 31.9 Å². The standard InChI is InChI=1S/C33H34BrClF4N8O3/c1-31(2,3)15-33(19-7-9-22-18(10-19)11-20(34)13-41-22)28(48)46(29(40)44-33)24(14-50-30(49)45-32(4,5)27(38)39)17-6-8-21(35)23(12-17)47-26(25(36)37)42-16-43-47/h6-13,16,24-25,27H,14-15H2,1-5H3,(H2,40,44)(H,45,49)/t24-,33-/m1/s1. The maximum Gasteiger partial charge on any atom is 0.407 e. The van der Waals surface area contributed by atoms with Crippen LogP contribution >= 0.6 is 27.5 Å². The fourth-order valence-corrected chi connectivity index (χ4v) is 6.30. The number of aromatic nitrogens is 4. The third-order valence-electron chi connectivity index (χ3n) is 8.04. The SMILES string of the molecule is CC(C)(C)C[C@]1(c2ccc3ncc(Br)cc3c2)N=C(N)N([C@H](COC(=O)NC(C)(C)C(F)F)c2ccc(Cl)c(-n3ncnc3C(F)F)c2)C1=O. The molecule has 266 valence electrons. The topological polar surface area (TPSA) is 141 Å². The number of aliphatic imine (C=N–C) groups is 1. The fourth-order valence-electron chi connectivity index (χ4n) is 5.75. The summed E-state index contributed by atoms with van der Waals surface area (Å²) in [7, 11) is 0. The summed E-state index contributed by atoms with van der Waals surface area (Å²) in [6.07, 6.45) is -4.33. The first kappa shape index (κ1) is 37.0. The van der Waals surface area contributed by atoms with Gasteiger partial charge in [0.25, 0.3) is 18.8 Å². The Kier molecular flexibility index (Phi) is 10.2. The molecule has 1 aliphatic rings. The van der Waals surface area contributed by atoms with Crippen LogP contribution in [0.5, 0.6) is 0 Å². The number of halogens is 6. The van der Waals surface area contributed by atoms with Crippen molar-refractivity contribution in [3.05, 3.63) is 81.4 Å². The molecule has 0 spiro atoms. The number of pyridine rings is 1. The third-order valence-corrected chi connectivity index (χ3v) is 8.80. The number of carbonyl (C=O) groups is 2. The minimum atomic E-state index is -3.00. The molecule has 0 aliphatic carbocycles. The van der Waals surface area contributed by atoms with Gasteiger partial charge in [-0.15, -0.1) is 0 Å². The van der Waals surface area contributed by atoms with Gasteiger partial charge in [-0.1, -0.05) is 44.5 Å². The smallest absolute Gasteiger partial charge is 0.407 e. The summed E-state index contributed by atoms with van der Waals surface area (Å²) in [6.45, 7) is 7.45. The van der Waals surface area contributed by atoms with Crippen molar-refractivity contribution in [2.75, 3.05) is 6.61 Å². The van der Waals surface area contributed by atoms with Crippen LogP contribution in [0.15, 0.2) is 64.5 Å². The first-order chi connectivity index (χ1) is 23.3. The van der Waals surface area contributed by atoms with Crippen molar-refractivity contribution in [2.45, 2.75) is 71.0 Å². The van der Waals surface area contributed by atoms with Crippen LogP contribution in [0.2, 0.25) is 5.02 Å². The normalized spacial score (nSPS) is 17.5. The summed E-state index contributed by atoms with van der Waals surface area (Å²) in [5, 5.41) is 6.77. The summed E-state index contributed by atoms with van der Waals surface area (Å²) >= 11 is 9.87. The lowest BCUT2D eigenvalue weighted by Gasteiger charge is -2.35. The number of ether oxygens (including phenoxy) is 1. The fraction of sp³-hybridized carbons (Fsp3) is 0.394. The van der Waals surface area contributed by atoms with Gasteiger partial charge in [-0.05, 0) is 83.1 Å². The van der Waals surface area contributed by atoms with E-state index in [4.69, 9.17) is 27.1 Å². The highest BCUT2D eigenvalue weighted by atomic mass is 79.9. The zero-order chi connectivity index (χ0) is 36.8. The average Bonchev–Trinajstić information content (AvgIpc) is 3.60. The molecular weight excluding hydrogens is 748 g/mol. The van der Waals surface area contributed by atoms with Gasteiger partial charge in [0.1, 0.15) is 12.9 Å². The van der Waals surface area contributed by atoms with Gasteiger partial charge in [0.05, 0.1) is 27.8 Å². The second kappa shape index (κ2) is 13.8. The second-order valence-corrected chi connectivity index (χ2v) is 14.9. The van der Waals surface area contributed by atoms with E-state index in [9.17, 15) is 27.2 Å². The van der Waals surface area contributed by atoms with E-state index in [-0.39, 0.29) is 28.7 Å². The number of hydrogen-bond donors (Lipinski definition) is 2. The van der Waals surface area contributed by atoms with E-state index in [0.717, 1.165) is 39.6 Å². The zero-order valence-corrected chi connectivity index (χ0v) is 29.9. The second-order valence-electron chi connectivity index (χ2n) is 13.6. The number of alkyl carbamates (subject to hydrolysis) is 1. The molecule has 50 heavy (non-hydrogen) atoms. The van der Waals surface area contributed by atoms with Crippen molar-refractivity contribution in [2.24, 2.45) is 16.1 Å². The molecule has 2 aromatic heterocycles. The van der Waals surface area contributed by atoms with Crippen LogP contribution in [0.1, 0.15) is 70.5 Å². The van der Waals surface area contributed by atoms with Crippen LogP contribution in [0.4, 0.5) is 22.4 Å². The van der Waals surface area contributed by atoms with Crippen LogP contribution in [-0.2, 0) is 15.1 Å². The van der Waals surface area contributed by atoms with Crippen LogP contribution in [0, 0.1) is 5.41 Å². The molecule has 0 unspecified atom stereocenters. The predicted octanol–water partition coefficient (Wildman–Crippen LogP) is 7.47. The highest BCUT2D eigenvalue weighted by Gasteiger charge is 2.53. The van der Waals surface area contributed by atoms with Crippen LogP contribution < -0.4 is 11.1 Å². The first-order valence-corrected chi connectivity index (χ1v) is 16.5. The van der Waals surface area contributed by atoms with Gasteiger partial charge in [0.15, 0.2) is 17.3 Å². The van der Waals surface area contributed by atoms with Gasteiger partial charge < -0.3 is 15.8 Å². The summed E-state index contributed by atoms with van der Waals surface area (Å²) < 4.78 is 61.7. The van der Waals surface area contributed by atoms with Gasteiger partial charge in [0, 0.05) is 16.1 Å². The highest BCUT2D eigenvalue weighted by Crippen LogP contribution is 2.45. The lowest BCUT2D eigenvalue weighted by Crippen LogP contribution is -2.50. The Labute approximate surface area is 298 Å². The number of carbonyl (C=O) groups excluding carboxylic acids is 2. The van der Waals surface area contributed by atoms with E-state index in [0.29, 0.717) is 11.1 Å². The van der Waals surface area contributed by atoms with E-state index in [1.165, 1.54) is 18.2 Å². The Balaban J connectivity index is 1.63. The largest absolute Gasteiger partial charge is 0.447 e. The number of alkyl halides is 4. The number of amides is 2. The van der Waals surface area contributed by atoms with Crippen molar-refractivity contribution in [3.63, 3.8) is 0 Å². The van der Waals surface area contributed by atoms with Gasteiger partial charge in [-0.25, -0.2) is 37.0 Å². The summed E-state index contributed by atoms with van der Waals surface area (Å²) in [4.78, 5) is 41.7. The molecule has 3 N–H and O–H groups in total. The Hall–Kier alpha value is -4.31. The van der Waals surface area contributed by atoms with Crippen LogP contribution in [0.3, 0.4) is 0 Å². The molecule has 0 radical (unpaired) electrons. The monoisotopic (exact) mass is 780 g/mol. The van der Waals surface area contributed by atoms with Gasteiger partial charge in [-0.2, -0.15) is 5.10 Å². The lowest BCUT2D eigenvalue weighted by molar-refractivity contribution is -0.135. The Bertz CT molecular complexity index is 1970. The van der Waals surface area contributed by atoms with Crippen LogP contribution in [0.25, 0.3) is 16.6 Å². The van der Waals surface area contributed by atoms with Crippen molar-refractivity contribution in [1.82, 2.24) is 30.0 Å². The van der Waals surface area contributed by atoms with Gasteiger partial charge in [0.2, 0.25) is 0 Å². The summed E-state index contributed by atoms with van der Waals surface area (Å²) in [5.74, 6) is -1.48. The minimum absolute atomic E-state index is 0.0130. The summed E-state index contributed by atoms with van der Waals surface area (Å²) in [5.41, 5.74) is 4.02. The molecule has 2 aromatic carbocycles. The molecule has 2 atom stereocenters. The highest BCUT2D eigenvalue weighted by molar-refractivity contribution is 9.10. The quantitative estimate of drug-likeness (QED) is 0.159. The van der Waals surface area contributed by atoms with E-state index in [2.05, 4.69) is 36.3 Å². The number of nitrogens with one attached hydrogen (secondary N) is 1. The van der Waals surface area contributed by atoms with Crippen molar-refractivity contribution in [1.29, 1.82) is 0 Å². The van der Waals surface area contributed by atoms with E-state index < -0.39 is 59.8 Å². The number of fused-ring (bicyclic) bond motifs is 1. The minimum Gasteiger partial charge on any atom is -0.447 e.